The predicted octanol–water partition coefficient (Wildman–Crippen LogP) is 4.65. The molecule has 0 saturated carbocycles. The first-order valence-electron chi connectivity index (χ1n) is 10.4. The molecule has 8 nitrogen and oxygen atoms in total. The van der Waals surface area contributed by atoms with Gasteiger partial charge in [-0.1, -0.05) is 0 Å². The molecule has 2 aromatic carbocycles. The Balaban J connectivity index is 1.63. The molecule has 0 fully saturated rings. The third-order valence-electron chi connectivity index (χ3n) is 5.54. The highest BCUT2D eigenvalue weighted by atomic mass is 16.5. The van der Waals surface area contributed by atoms with E-state index in [2.05, 4.69) is 9.97 Å². The first-order valence-corrected chi connectivity index (χ1v) is 10.4. The number of methoxy groups -OCH3 is 1. The van der Waals surface area contributed by atoms with E-state index < -0.39 is 0 Å². The van der Waals surface area contributed by atoms with Gasteiger partial charge in [-0.25, -0.2) is 14.7 Å². The number of urea groups is 1. The number of hydrogen-bond donors (Lipinski definition) is 0. The van der Waals surface area contributed by atoms with E-state index in [1.165, 1.54) is 0 Å². The molecular formula is C24H23N5O3. The van der Waals surface area contributed by atoms with Crippen LogP contribution in [0, 0.1) is 0 Å². The van der Waals surface area contributed by atoms with Crippen molar-refractivity contribution in [1.29, 1.82) is 0 Å². The van der Waals surface area contributed by atoms with Crippen molar-refractivity contribution in [3.63, 3.8) is 0 Å². The van der Waals surface area contributed by atoms with Gasteiger partial charge in [0, 0.05) is 24.4 Å². The largest absolute Gasteiger partial charge is 0.497 e. The predicted molar refractivity (Wildman–Crippen MR) is 123 cm³/mol. The summed E-state index contributed by atoms with van der Waals surface area (Å²) in [6.45, 7) is 2.81. The lowest BCUT2D eigenvalue weighted by Gasteiger charge is -2.36. The van der Waals surface area contributed by atoms with E-state index in [9.17, 15) is 4.79 Å². The lowest BCUT2D eigenvalue weighted by Crippen LogP contribution is -2.45. The minimum absolute atomic E-state index is 0.190. The highest BCUT2D eigenvalue weighted by Crippen LogP contribution is 2.37. The maximum Gasteiger partial charge on any atom is 0.335 e. The number of carbonyl (C=O) groups is 1. The highest BCUT2D eigenvalue weighted by molar-refractivity contribution is 6.10. The summed E-state index contributed by atoms with van der Waals surface area (Å²) < 4.78 is 12.8. The zero-order valence-electron chi connectivity index (χ0n) is 18.1. The minimum Gasteiger partial charge on any atom is -0.497 e. The average molecular weight is 429 g/mol. The van der Waals surface area contributed by atoms with Gasteiger partial charge in [-0.3, -0.25) is 4.90 Å². The number of anilines is 3. The number of benzene rings is 2. The first-order chi connectivity index (χ1) is 15.6. The van der Waals surface area contributed by atoms with Crippen LogP contribution in [0.4, 0.5) is 22.0 Å². The monoisotopic (exact) mass is 429 g/mol. The van der Waals surface area contributed by atoms with Gasteiger partial charge in [-0.05, 0) is 55.5 Å². The maximum absolute atomic E-state index is 13.8. The first kappa shape index (κ1) is 19.9. The van der Waals surface area contributed by atoms with Crippen LogP contribution in [0.3, 0.4) is 0 Å². The molecule has 0 spiro atoms. The molecule has 0 unspecified atom stereocenters. The molecule has 0 radical (unpaired) electrons. The van der Waals surface area contributed by atoms with Gasteiger partial charge in [0.05, 0.1) is 43.3 Å². The van der Waals surface area contributed by atoms with Crippen LogP contribution in [0.2, 0.25) is 0 Å². The number of rotatable bonds is 5. The SMILES string of the molecule is CCOc1ccc2c(n1)N(c1ccc(OC)cc1)C(=O)N(c1ccc3ncn(C)c3c1)C2. The fraction of sp³-hybridized carbons (Fsp3) is 0.208. The Morgan fingerprint density at radius 3 is 2.56 bits per heavy atom. The Morgan fingerprint density at radius 2 is 1.81 bits per heavy atom. The second-order valence-electron chi connectivity index (χ2n) is 7.50. The molecule has 0 bridgehead atoms. The van der Waals surface area contributed by atoms with Crippen molar-refractivity contribution in [3.8, 4) is 11.6 Å². The van der Waals surface area contributed by atoms with Crippen LogP contribution < -0.4 is 19.3 Å². The quantitative estimate of drug-likeness (QED) is 0.462. The van der Waals surface area contributed by atoms with E-state index in [4.69, 9.17) is 9.47 Å². The van der Waals surface area contributed by atoms with Crippen molar-refractivity contribution < 1.29 is 14.3 Å². The molecule has 0 N–H and O–H groups in total. The summed E-state index contributed by atoms with van der Waals surface area (Å²) in [4.78, 5) is 26.2. The number of carbonyl (C=O) groups excluding carboxylic acids is 1. The summed E-state index contributed by atoms with van der Waals surface area (Å²) in [6, 6.07) is 16.8. The molecule has 1 aliphatic rings. The fourth-order valence-electron chi connectivity index (χ4n) is 3.90. The summed E-state index contributed by atoms with van der Waals surface area (Å²) in [5.41, 5.74) is 4.26. The Bertz CT molecular complexity index is 1300. The average Bonchev–Trinajstić information content (AvgIpc) is 3.19. The van der Waals surface area contributed by atoms with E-state index in [1.807, 2.05) is 73.1 Å². The number of aryl methyl sites for hydroxylation is 1. The highest BCUT2D eigenvalue weighted by Gasteiger charge is 2.34. The molecule has 0 saturated heterocycles. The number of pyridine rings is 1. The minimum atomic E-state index is -0.190. The summed E-state index contributed by atoms with van der Waals surface area (Å²) in [5, 5.41) is 0. The molecule has 5 rings (SSSR count). The number of hydrogen-bond acceptors (Lipinski definition) is 5. The fourth-order valence-corrected chi connectivity index (χ4v) is 3.90. The van der Waals surface area contributed by atoms with Gasteiger partial charge in [0.2, 0.25) is 5.88 Å². The van der Waals surface area contributed by atoms with Crippen LogP contribution in [0.15, 0.2) is 60.9 Å². The number of amides is 2. The molecule has 0 aliphatic carbocycles. The topological polar surface area (TPSA) is 72.7 Å². The van der Waals surface area contributed by atoms with Crippen molar-refractivity contribution in [3.05, 3.63) is 66.5 Å². The number of ether oxygens (including phenoxy) is 2. The van der Waals surface area contributed by atoms with Crippen molar-refractivity contribution in [2.45, 2.75) is 13.5 Å². The smallest absolute Gasteiger partial charge is 0.335 e. The molecule has 162 valence electrons. The van der Waals surface area contributed by atoms with E-state index >= 15 is 0 Å². The van der Waals surface area contributed by atoms with Gasteiger partial charge >= 0.3 is 6.03 Å². The van der Waals surface area contributed by atoms with Gasteiger partial charge in [-0.15, -0.1) is 0 Å². The number of aromatic nitrogens is 3. The number of fused-ring (bicyclic) bond motifs is 2. The summed E-state index contributed by atoms with van der Waals surface area (Å²) >= 11 is 0. The normalized spacial score (nSPS) is 13.4. The second-order valence-corrected chi connectivity index (χ2v) is 7.50. The molecule has 32 heavy (non-hydrogen) atoms. The van der Waals surface area contributed by atoms with Crippen LogP contribution in [0.1, 0.15) is 12.5 Å². The van der Waals surface area contributed by atoms with Crippen LogP contribution >= 0.6 is 0 Å². The van der Waals surface area contributed by atoms with Crippen molar-refractivity contribution in [1.82, 2.24) is 14.5 Å². The lowest BCUT2D eigenvalue weighted by molar-refractivity contribution is 0.252. The molecule has 1 aliphatic heterocycles. The molecule has 3 heterocycles. The van der Waals surface area contributed by atoms with Gasteiger partial charge in [-0.2, -0.15) is 4.98 Å². The van der Waals surface area contributed by atoms with Gasteiger partial charge < -0.3 is 14.0 Å². The summed E-state index contributed by atoms with van der Waals surface area (Å²) in [5.74, 6) is 1.78. The molecular weight excluding hydrogens is 406 g/mol. The third kappa shape index (κ3) is 3.30. The van der Waals surface area contributed by atoms with Gasteiger partial charge in [0.25, 0.3) is 0 Å². The van der Waals surface area contributed by atoms with Crippen LogP contribution in [0.5, 0.6) is 11.6 Å². The van der Waals surface area contributed by atoms with Crippen molar-refractivity contribution in [2.24, 2.45) is 7.05 Å². The summed E-state index contributed by atoms with van der Waals surface area (Å²) in [7, 11) is 3.55. The van der Waals surface area contributed by atoms with E-state index in [1.54, 1.807) is 23.2 Å². The Hall–Kier alpha value is -4.07. The van der Waals surface area contributed by atoms with Gasteiger partial charge in [0.15, 0.2) is 0 Å². The lowest BCUT2D eigenvalue weighted by atomic mass is 10.1. The van der Waals surface area contributed by atoms with Crippen molar-refractivity contribution in [2.75, 3.05) is 23.5 Å². The molecule has 2 amide bonds. The Kier molecular flexibility index (Phi) is 4.89. The van der Waals surface area contributed by atoms with Crippen molar-refractivity contribution >= 4 is 34.3 Å². The van der Waals surface area contributed by atoms with Crippen LogP contribution in [0.25, 0.3) is 11.0 Å². The molecule has 8 heteroatoms. The third-order valence-corrected chi connectivity index (χ3v) is 5.54. The standard InChI is InChI=1S/C24H23N5O3/c1-4-32-22-12-5-16-14-28(18-8-11-20-21(13-18)27(2)15-25-20)24(30)29(23(16)26-22)17-6-9-19(31-3)10-7-17/h5-13,15H,4,14H2,1-3H3. The summed E-state index contributed by atoms with van der Waals surface area (Å²) in [6.07, 6.45) is 1.77. The van der Waals surface area contributed by atoms with Crippen LogP contribution in [-0.4, -0.2) is 34.3 Å². The van der Waals surface area contributed by atoms with Crippen LogP contribution in [-0.2, 0) is 13.6 Å². The molecule has 4 aromatic rings. The Morgan fingerprint density at radius 1 is 1.03 bits per heavy atom. The number of nitrogens with zero attached hydrogens (tertiary/aromatic N) is 5. The second kappa shape index (κ2) is 7.88. The zero-order valence-corrected chi connectivity index (χ0v) is 18.1. The van der Waals surface area contributed by atoms with E-state index in [-0.39, 0.29) is 6.03 Å². The zero-order chi connectivity index (χ0) is 22.2. The van der Waals surface area contributed by atoms with E-state index in [0.29, 0.717) is 36.3 Å². The Labute approximate surface area is 185 Å². The maximum atomic E-state index is 13.8. The molecule has 0 atom stereocenters. The molecule has 2 aromatic heterocycles. The van der Waals surface area contributed by atoms with Gasteiger partial charge in [0.1, 0.15) is 11.6 Å². The van der Waals surface area contributed by atoms with E-state index in [0.717, 1.165) is 22.3 Å². The number of imidazole rings is 1.